The summed E-state index contributed by atoms with van der Waals surface area (Å²) in [5.41, 5.74) is 3.67. The summed E-state index contributed by atoms with van der Waals surface area (Å²) in [6.45, 7) is 8.35. The van der Waals surface area contributed by atoms with Crippen LogP contribution in [0.3, 0.4) is 0 Å². The van der Waals surface area contributed by atoms with Gasteiger partial charge in [0.25, 0.3) is 5.91 Å². The van der Waals surface area contributed by atoms with Gasteiger partial charge in [0.2, 0.25) is 11.8 Å². The van der Waals surface area contributed by atoms with Crippen LogP contribution < -0.4 is 45.5 Å². The molecule has 340 valence electrons. The van der Waals surface area contributed by atoms with Gasteiger partial charge in [-0.2, -0.15) is 0 Å². The number of aryl methyl sites for hydroxylation is 2. The van der Waals surface area contributed by atoms with E-state index in [1.165, 1.54) is 20.3 Å². The van der Waals surface area contributed by atoms with Gasteiger partial charge in [-0.25, -0.2) is 4.79 Å². The number of hydrogen-bond acceptors (Lipinski definition) is 13. The maximum Gasteiger partial charge on any atom is 0.341 e. The van der Waals surface area contributed by atoms with Crippen LogP contribution in [-0.2, 0) is 26.5 Å². The summed E-state index contributed by atoms with van der Waals surface area (Å²) in [6.07, 6.45) is 0.0665. The molecule has 5 N–H and O–H groups in total. The van der Waals surface area contributed by atoms with Crippen molar-refractivity contribution in [3.63, 3.8) is 0 Å². The number of benzene rings is 4. The highest BCUT2D eigenvalue weighted by atomic mass is 35.5. The minimum Gasteiger partial charge on any atom is -0.496 e. The van der Waals surface area contributed by atoms with E-state index in [4.69, 9.17) is 46.9 Å². The summed E-state index contributed by atoms with van der Waals surface area (Å²) in [5, 5.41) is 14.8. The molecule has 64 heavy (non-hydrogen) atoms. The Kier molecular flexibility index (Phi) is 14.0. The summed E-state index contributed by atoms with van der Waals surface area (Å²) >= 11 is 14.2. The Hall–Kier alpha value is -5.94. The van der Waals surface area contributed by atoms with Crippen LogP contribution in [0.25, 0.3) is 0 Å². The van der Waals surface area contributed by atoms with Gasteiger partial charge in [-0.05, 0) is 50.2 Å². The quantitative estimate of drug-likeness (QED) is 0.0708. The highest BCUT2D eigenvalue weighted by Crippen LogP contribution is 2.60. The number of ether oxygens (including phenoxy) is 5. The Morgan fingerprint density at radius 3 is 1.94 bits per heavy atom. The first-order valence-corrected chi connectivity index (χ1v) is 21.7. The number of hydrogen-bond donors (Lipinski definition) is 5. The Labute approximate surface area is 382 Å². The first-order valence-electron chi connectivity index (χ1n) is 20.9. The van der Waals surface area contributed by atoms with Crippen molar-refractivity contribution >= 4 is 58.3 Å². The van der Waals surface area contributed by atoms with E-state index < -0.39 is 17.5 Å². The second kappa shape index (κ2) is 19.4. The smallest absolute Gasteiger partial charge is 0.341 e. The van der Waals surface area contributed by atoms with E-state index in [1.807, 2.05) is 52.2 Å². The lowest BCUT2D eigenvalue weighted by atomic mass is 9.76. The minimum absolute atomic E-state index is 0.0300. The van der Waals surface area contributed by atoms with Gasteiger partial charge in [-0.15, -0.1) is 0 Å². The summed E-state index contributed by atoms with van der Waals surface area (Å²) in [6, 6.07) is 12.2. The molecular formula is C46H53Cl2N7O9. The Balaban J connectivity index is 1.03. The van der Waals surface area contributed by atoms with Crippen LogP contribution in [0.15, 0.2) is 42.5 Å². The molecule has 1 spiro atoms. The number of carbonyl (C=O) groups is 4. The molecule has 7 rings (SSSR count). The van der Waals surface area contributed by atoms with Gasteiger partial charge >= 0.3 is 5.97 Å². The number of halogens is 2. The topological polar surface area (TPSA) is 181 Å². The van der Waals surface area contributed by atoms with Crippen molar-refractivity contribution in [1.82, 2.24) is 25.8 Å². The molecule has 0 bridgehead atoms. The number of anilines is 2. The highest BCUT2D eigenvalue weighted by Gasteiger charge is 2.56. The van der Waals surface area contributed by atoms with Crippen molar-refractivity contribution in [2.75, 3.05) is 98.4 Å². The summed E-state index contributed by atoms with van der Waals surface area (Å²) in [4.78, 5) is 57.2. The zero-order chi connectivity index (χ0) is 45.9. The maximum absolute atomic E-state index is 14.1. The molecule has 0 radical (unpaired) electrons. The van der Waals surface area contributed by atoms with E-state index in [0.29, 0.717) is 64.1 Å². The van der Waals surface area contributed by atoms with Gasteiger partial charge in [0.15, 0.2) is 5.60 Å². The van der Waals surface area contributed by atoms with Gasteiger partial charge in [0, 0.05) is 106 Å². The zero-order valence-electron chi connectivity index (χ0n) is 36.9. The van der Waals surface area contributed by atoms with Gasteiger partial charge in [0.1, 0.15) is 28.7 Å². The van der Waals surface area contributed by atoms with Crippen LogP contribution >= 0.6 is 23.2 Å². The van der Waals surface area contributed by atoms with Crippen LogP contribution in [0.1, 0.15) is 60.5 Å². The summed E-state index contributed by atoms with van der Waals surface area (Å²) in [7, 11) is 8.61. The number of methoxy groups -OCH3 is 2. The number of nitrogens with one attached hydrogen (secondary N) is 5. The Bertz CT molecular complexity index is 2410. The molecule has 16 nitrogen and oxygen atoms in total. The largest absolute Gasteiger partial charge is 0.496 e. The van der Waals surface area contributed by atoms with Crippen molar-refractivity contribution in [2.24, 2.45) is 0 Å². The predicted octanol–water partition coefficient (Wildman–Crippen LogP) is 5.46. The fourth-order valence-corrected chi connectivity index (χ4v) is 8.99. The summed E-state index contributed by atoms with van der Waals surface area (Å²) in [5.74, 6) is 0.302. The van der Waals surface area contributed by atoms with Gasteiger partial charge in [0.05, 0.1) is 67.1 Å². The predicted molar refractivity (Wildman–Crippen MR) is 244 cm³/mol. The molecule has 1 fully saturated rings. The lowest BCUT2D eigenvalue weighted by molar-refractivity contribution is -0.124. The zero-order valence-corrected chi connectivity index (χ0v) is 38.4. The molecular weight excluding hydrogens is 865 g/mol. The van der Waals surface area contributed by atoms with Gasteiger partial charge in [-0.3, -0.25) is 19.3 Å². The first-order chi connectivity index (χ1) is 30.7. The van der Waals surface area contributed by atoms with Crippen LogP contribution in [0.2, 0.25) is 10.0 Å². The first kappa shape index (κ1) is 46.1. The molecule has 1 saturated heterocycles. The molecule has 4 aromatic rings. The van der Waals surface area contributed by atoms with E-state index in [9.17, 15) is 19.2 Å². The lowest BCUT2D eigenvalue weighted by Crippen LogP contribution is -2.48. The lowest BCUT2D eigenvalue weighted by Gasteiger charge is -2.38. The Morgan fingerprint density at radius 1 is 0.797 bits per heavy atom. The van der Waals surface area contributed by atoms with Gasteiger partial charge < -0.3 is 55.2 Å². The normalized spacial score (nSPS) is 14.9. The molecule has 0 aliphatic carbocycles. The van der Waals surface area contributed by atoms with Crippen LogP contribution in [0.4, 0.5) is 11.4 Å². The van der Waals surface area contributed by atoms with Crippen molar-refractivity contribution < 1.29 is 42.9 Å². The fourth-order valence-electron chi connectivity index (χ4n) is 8.35. The van der Waals surface area contributed by atoms with E-state index in [2.05, 4.69) is 43.4 Å². The summed E-state index contributed by atoms with van der Waals surface area (Å²) < 4.78 is 30.1. The number of rotatable bonds is 16. The van der Waals surface area contributed by atoms with Crippen LogP contribution in [0, 0.1) is 13.8 Å². The number of amides is 3. The number of fused-ring (bicyclic) bond motifs is 6. The third-order valence-electron chi connectivity index (χ3n) is 11.8. The average Bonchev–Trinajstić information content (AvgIpc) is 3.60. The minimum atomic E-state index is -1.54. The number of carbonyl (C=O) groups excluding carboxylic acids is 4. The molecule has 3 amide bonds. The van der Waals surface area contributed by atoms with Gasteiger partial charge in [-0.1, -0.05) is 23.2 Å². The number of likely N-dealkylation sites (N-methyl/N-ethyl adjacent to an activating group) is 1. The second-order valence-corrected chi connectivity index (χ2v) is 16.6. The van der Waals surface area contributed by atoms with E-state index in [1.54, 1.807) is 12.1 Å². The molecule has 18 heteroatoms. The van der Waals surface area contributed by atoms with Crippen LogP contribution in [0.5, 0.6) is 28.7 Å². The average molecular weight is 919 g/mol. The van der Waals surface area contributed by atoms with E-state index in [-0.39, 0.29) is 59.1 Å². The molecule has 0 atom stereocenters. The monoisotopic (exact) mass is 917 g/mol. The van der Waals surface area contributed by atoms with Crippen molar-refractivity contribution in [1.29, 1.82) is 0 Å². The van der Waals surface area contributed by atoms with Crippen molar-refractivity contribution in [2.45, 2.75) is 32.4 Å². The molecule has 0 unspecified atom stereocenters. The molecule has 4 aromatic carbocycles. The third kappa shape index (κ3) is 9.05. The van der Waals surface area contributed by atoms with E-state index in [0.717, 1.165) is 48.7 Å². The van der Waals surface area contributed by atoms with Crippen molar-refractivity contribution in [3.8, 4) is 28.7 Å². The Morgan fingerprint density at radius 2 is 1.38 bits per heavy atom. The molecule has 0 aromatic heterocycles. The second-order valence-electron chi connectivity index (χ2n) is 15.8. The third-order valence-corrected chi connectivity index (χ3v) is 12.5. The SMILES string of the molecule is CNc1cc2c(cc1C)C1(OC(=O)c3c(Cl)c(C(=O)NCc4c(OC)cc(OCCC(=O)NCCNC(=O)CN5CCN(C)CC5)cc4OC)cc(Cl)c31)c1cc(C)c(NC)cc1O2. The maximum atomic E-state index is 14.1. The molecule has 3 aliphatic heterocycles. The van der Waals surface area contributed by atoms with E-state index >= 15 is 0 Å². The molecule has 3 aliphatic rings. The standard InChI is InChI=1S/C46H53Cl2N7O9/c1-25-16-30-37(21-33(25)49-3)63-38-22-34(50-4)26(2)17-31(38)46(30)42-32(47)20-28(43(48)41(42)45(59)64-46)44(58)53-23-29-35(60-6)18-27(19-36(29)61-7)62-15-8-39(56)51-9-10-52-40(57)24-55-13-11-54(5)12-14-55/h16-22,49-50H,8-15,23-24H2,1-7H3,(H,51,56)(H,52,57)(H,53,58). The number of piperazine rings is 1. The van der Waals surface area contributed by atoms with Crippen LogP contribution in [-0.4, -0.2) is 121 Å². The highest BCUT2D eigenvalue weighted by molar-refractivity contribution is 6.39. The van der Waals surface area contributed by atoms with Crippen molar-refractivity contribution in [3.05, 3.63) is 97.0 Å². The fraction of sp³-hybridized carbons (Fsp3) is 0.391. The molecule has 3 heterocycles. The molecule has 0 saturated carbocycles. The number of esters is 1. The number of nitrogens with zero attached hydrogens (tertiary/aromatic N) is 2.